The molecule has 1 aromatic heterocycles. The molecular formula is C30H43N5O3. The van der Waals surface area contributed by atoms with E-state index in [9.17, 15) is 9.90 Å². The van der Waals surface area contributed by atoms with Crippen molar-refractivity contribution in [3.05, 3.63) is 77.5 Å². The van der Waals surface area contributed by atoms with Gasteiger partial charge in [-0.15, -0.1) is 12.8 Å². The van der Waals surface area contributed by atoms with Crippen LogP contribution in [0, 0.1) is 19.8 Å². The third kappa shape index (κ3) is 10.8. The normalized spacial score (nSPS) is 14.0. The van der Waals surface area contributed by atoms with E-state index in [0.29, 0.717) is 11.7 Å². The topological polar surface area (TPSA) is 91.7 Å². The van der Waals surface area contributed by atoms with Crippen molar-refractivity contribution in [3.63, 3.8) is 0 Å². The van der Waals surface area contributed by atoms with Crippen LogP contribution in [0.1, 0.15) is 30.2 Å². The van der Waals surface area contributed by atoms with Crippen molar-refractivity contribution in [2.45, 2.75) is 39.3 Å². The Morgan fingerprint density at radius 3 is 2.26 bits per heavy atom. The number of aliphatic hydroxyl groups is 1. The van der Waals surface area contributed by atoms with Crippen molar-refractivity contribution in [2.75, 3.05) is 45.7 Å². The molecule has 0 aliphatic carbocycles. The zero-order chi connectivity index (χ0) is 28.2. The first-order chi connectivity index (χ1) is 18.6. The highest BCUT2D eigenvalue weighted by Gasteiger charge is 2.20. The van der Waals surface area contributed by atoms with Crippen LogP contribution in [0.25, 0.3) is 5.69 Å². The largest absolute Gasteiger partial charge is 0.390 e. The van der Waals surface area contributed by atoms with Gasteiger partial charge in [-0.1, -0.05) is 55.5 Å². The first kappa shape index (κ1) is 32.4. The molecule has 1 fully saturated rings. The number of likely N-dealkylation sites (tertiary alicyclic amines) is 1. The van der Waals surface area contributed by atoms with Crippen LogP contribution in [0.3, 0.4) is 0 Å². The minimum absolute atomic E-state index is 0.0413. The minimum Gasteiger partial charge on any atom is -0.390 e. The number of hydrogen-bond acceptors (Lipinski definition) is 6. The number of hydrogen-bond donors (Lipinski definition) is 3. The van der Waals surface area contributed by atoms with Crippen LogP contribution in [0.5, 0.6) is 0 Å². The van der Waals surface area contributed by atoms with E-state index in [1.807, 2.05) is 50.4 Å². The second-order valence-electron chi connectivity index (χ2n) is 8.48. The van der Waals surface area contributed by atoms with Gasteiger partial charge in [-0.3, -0.25) is 9.69 Å². The lowest BCUT2D eigenvalue weighted by Gasteiger charge is -2.14. The number of aromatic nitrogens is 2. The van der Waals surface area contributed by atoms with Gasteiger partial charge in [-0.2, -0.15) is 5.10 Å². The molecule has 4 rings (SSSR count). The average Bonchev–Trinajstić information content (AvgIpc) is 3.57. The highest BCUT2D eigenvalue weighted by atomic mass is 16.5. The average molecular weight is 522 g/mol. The highest BCUT2D eigenvalue weighted by Crippen LogP contribution is 2.22. The zero-order valence-electron chi connectivity index (χ0n) is 23.1. The smallest absolute Gasteiger partial charge is 0.207 e. The number of amides is 1. The maximum Gasteiger partial charge on any atom is 0.207 e. The van der Waals surface area contributed by atoms with Gasteiger partial charge in [0.25, 0.3) is 0 Å². The fraction of sp³-hybridized carbons (Fsp3) is 0.400. The molecule has 206 valence electrons. The Morgan fingerprint density at radius 2 is 1.76 bits per heavy atom. The molecule has 0 bridgehead atoms. The Kier molecular flexibility index (Phi) is 16.6. The van der Waals surface area contributed by atoms with Gasteiger partial charge in [-0.25, -0.2) is 4.68 Å². The number of carbonyl (C=O) groups is 1. The van der Waals surface area contributed by atoms with Crippen LogP contribution in [-0.2, 0) is 22.6 Å². The molecule has 8 heteroatoms. The minimum atomic E-state index is -0.0413. The van der Waals surface area contributed by atoms with E-state index < -0.39 is 0 Å². The van der Waals surface area contributed by atoms with Crippen molar-refractivity contribution in [1.82, 2.24) is 20.0 Å². The number of nitrogens with one attached hydrogen (secondary N) is 2. The number of rotatable bonds is 9. The number of terminal acetylenes is 1. The lowest BCUT2D eigenvalue weighted by molar-refractivity contribution is -0.110. The summed E-state index contributed by atoms with van der Waals surface area (Å²) in [5.74, 6) is 0.912. The molecule has 3 N–H and O–H groups in total. The fourth-order valence-electron chi connectivity index (χ4n) is 3.94. The number of carbonyl (C=O) groups excluding carboxylic acids is 1. The number of para-hydroxylation sites is 1. The second kappa shape index (κ2) is 19.5. The molecule has 1 aliphatic heterocycles. The lowest BCUT2D eigenvalue weighted by Crippen LogP contribution is -2.32. The number of ether oxygens (including phenoxy) is 1. The SMILES string of the molecule is C#C.CCc1ccccc1.CNc1c(C)c(CO)nn1-c1ccccc1.COCCN1CC[C@H](NC=O)C1. The quantitative estimate of drug-likeness (QED) is 0.294. The second-order valence-corrected chi connectivity index (χ2v) is 8.48. The van der Waals surface area contributed by atoms with Gasteiger partial charge in [0.05, 0.1) is 24.6 Å². The molecule has 2 aromatic carbocycles. The molecule has 1 amide bonds. The van der Waals surface area contributed by atoms with Gasteiger partial charge < -0.3 is 20.5 Å². The van der Waals surface area contributed by atoms with Gasteiger partial charge in [-0.05, 0) is 37.5 Å². The summed E-state index contributed by atoms with van der Waals surface area (Å²) in [6.07, 6.45) is 11.0. The van der Waals surface area contributed by atoms with Crippen molar-refractivity contribution in [1.29, 1.82) is 0 Å². The third-order valence-corrected chi connectivity index (χ3v) is 6.05. The van der Waals surface area contributed by atoms with E-state index in [1.165, 1.54) is 5.56 Å². The molecule has 0 saturated carbocycles. The summed E-state index contributed by atoms with van der Waals surface area (Å²) in [6, 6.07) is 20.7. The molecule has 3 aromatic rings. The van der Waals surface area contributed by atoms with Crippen molar-refractivity contribution < 1.29 is 14.6 Å². The standard InChI is InChI=1S/C12H15N3O.C8H16N2O2.C8H10.C2H2/c1-9-11(8-16)14-15(12(9)13-2)10-6-4-3-5-7-10;1-12-5-4-10-3-2-8(6-10)9-7-11;1-2-8-6-4-3-5-7-8;1-2/h3-7,13,16H,8H2,1-2H3;7-8H,2-6H2,1H3,(H,9,11);3-7H,2H2,1H3;1-2H/t;8-;;/m.0../s1. The van der Waals surface area contributed by atoms with Crippen molar-refractivity contribution in [2.24, 2.45) is 0 Å². The molecule has 0 radical (unpaired) electrons. The molecule has 2 heterocycles. The lowest BCUT2D eigenvalue weighted by atomic mass is 10.2. The molecular weight excluding hydrogens is 478 g/mol. The van der Waals surface area contributed by atoms with E-state index in [4.69, 9.17) is 4.74 Å². The molecule has 0 unspecified atom stereocenters. The monoisotopic (exact) mass is 521 g/mol. The predicted octanol–water partition coefficient (Wildman–Crippen LogP) is 3.67. The maximum absolute atomic E-state index is 10.1. The highest BCUT2D eigenvalue weighted by molar-refractivity contribution is 5.52. The summed E-state index contributed by atoms with van der Waals surface area (Å²) in [4.78, 5) is 12.4. The number of aliphatic hydroxyl groups excluding tert-OH is 1. The molecule has 1 aliphatic rings. The summed E-state index contributed by atoms with van der Waals surface area (Å²) in [7, 11) is 3.56. The van der Waals surface area contributed by atoms with Crippen LogP contribution in [0.2, 0.25) is 0 Å². The molecule has 1 atom stereocenters. The van der Waals surface area contributed by atoms with Crippen LogP contribution in [0.15, 0.2) is 60.7 Å². The van der Waals surface area contributed by atoms with Crippen LogP contribution < -0.4 is 10.6 Å². The number of aryl methyl sites for hydroxylation is 1. The Hall–Kier alpha value is -3.64. The summed E-state index contributed by atoms with van der Waals surface area (Å²) >= 11 is 0. The summed E-state index contributed by atoms with van der Waals surface area (Å²) < 4.78 is 6.77. The number of methoxy groups -OCH3 is 1. The fourth-order valence-corrected chi connectivity index (χ4v) is 3.94. The van der Waals surface area contributed by atoms with Gasteiger partial charge >= 0.3 is 0 Å². The molecule has 1 saturated heterocycles. The Labute approximate surface area is 228 Å². The Morgan fingerprint density at radius 1 is 1.13 bits per heavy atom. The number of anilines is 1. The zero-order valence-corrected chi connectivity index (χ0v) is 23.1. The van der Waals surface area contributed by atoms with Crippen LogP contribution in [0.4, 0.5) is 5.82 Å². The van der Waals surface area contributed by atoms with Gasteiger partial charge in [0.1, 0.15) is 5.82 Å². The first-order valence-electron chi connectivity index (χ1n) is 12.8. The molecule has 0 spiro atoms. The third-order valence-electron chi connectivity index (χ3n) is 6.05. The van der Waals surface area contributed by atoms with Crippen LogP contribution in [-0.4, -0.2) is 72.6 Å². The van der Waals surface area contributed by atoms with Crippen molar-refractivity contribution in [3.8, 4) is 18.5 Å². The molecule has 8 nitrogen and oxygen atoms in total. The summed E-state index contributed by atoms with van der Waals surface area (Å²) in [5, 5.41) is 19.5. The van der Waals surface area contributed by atoms with E-state index in [2.05, 4.69) is 64.7 Å². The maximum atomic E-state index is 10.1. The number of nitrogens with zero attached hydrogens (tertiary/aromatic N) is 3. The molecule has 38 heavy (non-hydrogen) atoms. The van der Waals surface area contributed by atoms with Gasteiger partial charge in [0.15, 0.2) is 0 Å². The Balaban J connectivity index is 0.000000290. The summed E-state index contributed by atoms with van der Waals surface area (Å²) in [6.45, 7) is 7.83. The first-order valence-corrected chi connectivity index (χ1v) is 12.8. The van der Waals surface area contributed by atoms with E-state index in [0.717, 1.165) is 62.6 Å². The van der Waals surface area contributed by atoms with E-state index in [-0.39, 0.29) is 6.61 Å². The van der Waals surface area contributed by atoms with Crippen LogP contribution >= 0.6 is 0 Å². The van der Waals surface area contributed by atoms with Gasteiger partial charge in [0.2, 0.25) is 6.41 Å². The predicted molar refractivity (Wildman–Crippen MR) is 155 cm³/mol. The Bertz CT molecular complexity index is 1040. The van der Waals surface area contributed by atoms with E-state index in [1.54, 1.807) is 11.8 Å². The number of benzene rings is 2. The van der Waals surface area contributed by atoms with Crippen molar-refractivity contribution >= 4 is 12.2 Å². The van der Waals surface area contributed by atoms with Gasteiger partial charge in [0, 0.05) is 45.4 Å². The summed E-state index contributed by atoms with van der Waals surface area (Å²) in [5.41, 5.74) is 4.07. The van der Waals surface area contributed by atoms with E-state index >= 15 is 0 Å².